The minimum Gasteiger partial charge on any atom is -0.462 e. The van der Waals surface area contributed by atoms with E-state index >= 15 is 0 Å². The zero-order chi connectivity index (χ0) is 12.0. The fraction of sp³-hybridized carbons (Fsp3) is 0.300. The summed E-state index contributed by atoms with van der Waals surface area (Å²) in [5.41, 5.74) is 2.70. The number of carbonyl (C=O) groups excluding carboxylic acids is 1. The molecule has 84 valence electrons. The van der Waals surface area contributed by atoms with Gasteiger partial charge < -0.3 is 4.74 Å². The molecule has 1 heterocycles. The molecule has 0 radical (unpaired) electrons. The highest BCUT2D eigenvalue weighted by atomic mass is 16.5. The number of aryl methyl sites for hydroxylation is 1. The van der Waals surface area contributed by atoms with Gasteiger partial charge in [-0.1, -0.05) is 0 Å². The minimum atomic E-state index is -0.631. The topological polar surface area (TPSA) is 70.9 Å². The molecule has 1 N–H and O–H groups in total. The second-order valence-corrected chi connectivity index (χ2v) is 3.01. The number of imidazole rings is 1. The maximum absolute atomic E-state index is 11.2. The molecule has 0 aliphatic rings. The van der Waals surface area contributed by atoms with Crippen LogP contribution in [0.2, 0.25) is 0 Å². The predicted molar refractivity (Wildman–Crippen MR) is 55.3 cm³/mol. The molecule has 0 bridgehead atoms. The molecule has 1 aromatic heterocycles. The molecule has 0 saturated heterocycles. The van der Waals surface area contributed by atoms with E-state index in [4.69, 9.17) is 10.00 Å². The molecule has 0 aromatic carbocycles. The van der Waals surface area contributed by atoms with E-state index in [9.17, 15) is 4.79 Å². The Balaban J connectivity index is 2.67. The number of aromatic nitrogens is 2. The molecule has 0 spiro atoms. The number of nitriles is 1. The summed E-state index contributed by atoms with van der Waals surface area (Å²) in [4.78, 5) is 11.2. The van der Waals surface area contributed by atoms with E-state index in [0.717, 1.165) is 0 Å². The standard InChI is InChI=1S/C10H12N4O2/c1-3-16-10(15)9(6-11)7-12-14-5-4-13(2)8-14/h4-5,7-8H,3H2,1-2H3/p+1. The van der Waals surface area contributed by atoms with Crippen molar-refractivity contribution >= 4 is 5.97 Å². The Bertz CT molecular complexity index is 442. The largest absolute Gasteiger partial charge is 0.462 e. The quantitative estimate of drug-likeness (QED) is 0.331. The number of rotatable bonds is 4. The maximum atomic E-state index is 11.2. The number of carbonyl (C=O) groups is 1. The Kier molecular flexibility index (Phi) is 4.09. The van der Waals surface area contributed by atoms with Gasteiger partial charge in [0, 0.05) is 0 Å². The average Bonchev–Trinajstić information content (AvgIpc) is 2.65. The van der Waals surface area contributed by atoms with Gasteiger partial charge in [0.25, 0.3) is 6.33 Å². The Hall–Kier alpha value is -2.29. The Morgan fingerprint density at radius 2 is 2.50 bits per heavy atom. The first-order chi connectivity index (χ1) is 7.67. The van der Waals surface area contributed by atoms with E-state index in [-0.39, 0.29) is 12.2 Å². The monoisotopic (exact) mass is 221 g/mol. The summed E-state index contributed by atoms with van der Waals surface area (Å²) in [7, 11) is 1.86. The summed E-state index contributed by atoms with van der Waals surface area (Å²) >= 11 is 0. The smallest absolute Gasteiger partial charge is 0.350 e. The van der Waals surface area contributed by atoms with Crippen LogP contribution in [0.25, 0.3) is 0 Å². The van der Waals surface area contributed by atoms with Crippen LogP contribution in [-0.4, -0.2) is 17.3 Å². The van der Waals surface area contributed by atoms with Gasteiger partial charge in [-0.3, -0.25) is 0 Å². The second-order valence-electron chi connectivity index (χ2n) is 3.01. The molecule has 6 nitrogen and oxygen atoms in total. The van der Waals surface area contributed by atoms with Crippen molar-refractivity contribution in [1.29, 1.82) is 5.26 Å². The van der Waals surface area contributed by atoms with Crippen molar-refractivity contribution in [3.05, 3.63) is 30.5 Å². The Morgan fingerprint density at radius 3 is 3.00 bits per heavy atom. The third-order valence-corrected chi connectivity index (χ3v) is 1.74. The van der Waals surface area contributed by atoms with Crippen LogP contribution in [0.1, 0.15) is 6.92 Å². The highest BCUT2D eigenvalue weighted by Gasteiger charge is 2.09. The molecule has 0 amide bonds. The molecule has 1 aromatic rings. The van der Waals surface area contributed by atoms with E-state index in [1.807, 2.05) is 17.8 Å². The van der Waals surface area contributed by atoms with Crippen LogP contribution in [-0.2, 0) is 16.6 Å². The highest BCUT2D eigenvalue weighted by molar-refractivity contribution is 5.92. The number of nitrogens with one attached hydrogen (secondary N) is 1. The number of hydrogen-bond donors (Lipinski definition) is 1. The van der Waals surface area contributed by atoms with Crippen LogP contribution in [0.3, 0.4) is 0 Å². The summed E-state index contributed by atoms with van der Waals surface area (Å²) in [6.45, 7) is 1.93. The molecular formula is C10H13N4O2+. The van der Waals surface area contributed by atoms with Crippen molar-refractivity contribution in [2.24, 2.45) is 7.05 Å². The molecule has 0 atom stereocenters. The van der Waals surface area contributed by atoms with E-state index in [2.05, 4.69) is 5.43 Å². The third kappa shape index (κ3) is 3.13. The number of nitrogens with zero attached hydrogens (tertiary/aromatic N) is 3. The molecule has 0 aliphatic carbocycles. The molecular weight excluding hydrogens is 208 g/mol. The van der Waals surface area contributed by atoms with Gasteiger partial charge in [0.15, 0.2) is 11.8 Å². The summed E-state index contributed by atoms with van der Waals surface area (Å²) in [6, 6.07) is 1.77. The van der Waals surface area contributed by atoms with Gasteiger partial charge >= 0.3 is 5.97 Å². The fourth-order valence-corrected chi connectivity index (χ4v) is 1.01. The summed E-state index contributed by atoms with van der Waals surface area (Å²) in [5.74, 6) is -0.631. The maximum Gasteiger partial charge on any atom is 0.350 e. The first-order valence-corrected chi connectivity index (χ1v) is 4.74. The van der Waals surface area contributed by atoms with E-state index < -0.39 is 5.97 Å². The van der Waals surface area contributed by atoms with E-state index in [1.54, 1.807) is 30.2 Å². The van der Waals surface area contributed by atoms with Crippen molar-refractivity contribution in [2.45, 2.75) is 6.92 Å². The number of ether oxygens (including phenoxy) is 1. The molecule has 0 saturated carbocycles. The second kappa shape index (κ2) is 5.56. The van der Waals surface area contributed by atoms with Gasteiger partial charge in [-0.05, 0) is 6.92 Å². The van der Waals surface area contributed by atoms with Crippen LogP contribution in [0.4, 0.5) is 0 Å². The van der Waals surface area contributed by atoms with Crippen molar-refractivity contribution in [2.75, 3.05) is 12.0 Å². The normalized spacial score (nSPS) is 10.7. The average molecular weight is 221 g/mol. The van der Waals surface area contributed by atoms with Crippen LogP contribution < -0.4 is 9.99 Å². The molecule has 0 aliphatic heterocycles. The lowest BCUT2D eigenvalue weighted by atomic mass is 10.3. The SMILES string of the molecule is CCOC(=O)C(C#N)=CNn1cc[n+](C)c1. The first kappa shape index (κ1) is 11.8. The predicted octanol–water partition coefficient (Wildman–Crippen LogP) is -0.173. The molecule has 0 fully saturated rings. The van der Waals surface area contributed by atoms with Gasteiger partial charge in [0.1, 0.15) is 12.3 Å². The lowest BCUT2D eigenvalue weighted by Gasteiger charge is -1.99. The Morgan fingerprint density at radius 1 is 1.75 bits per heavy atom. The fourth-order valence-electron chi connectivity index (χ4n) is 1.01. The number of hydrogen-bond acceptors (Lipinski definition) is 4. The van der Waals surface area contributed by atoms with Crippen LogP contribution in [0, 0.1) is 11.3 Å². The zero-order valence-electron chi connectivity index (χ0n) is 9.17. The molecule has 0 unspecified atom stereocenters. The minimum absolute atomic E-state index is 0.0711. The lowest BCUT2D eigenvalue weighted by Crippen LogP contribution is -2.24. The van der Waals surface area contributed by atoms with Crippen molar-refractivity contribution < 1.29 is 14.1 Å². The van der Waals surface area contributed by atoms with Gasteiger partial charge in [-0.15, -0.1) is 4.68 Å². The van der Waals surface area contributed by atoms with Gasteiger partial charge in [-0.2, -0.15) is 5.26 Å². The zero-order valence-corrected chi connectivity index (χ0v) is 9.17. The molecule has 6 heteroatoms. The van der Waals surface area contributed by atoms with Gasteiger partial charge in [-0.25, -0.2) is 14.8 Å². The highest BCUT2D eigenvalue weighted by Crippen LogP contribution is 1.95. The van der Waals surface area contributed by atoms with Gasteiger partial charge in [0.2, 0.25) is 0 Å². The van der Waals surface area contributed by atoms with Crippen molar-refractivity contribution in [1.82, 2.24) is 4.68 Å². The van der Waals surface area contributed by atoms with Crippen LogP contribution in [0.15, 0.2) is 30.5 Å². The molecule has 16 heavy (non-hydrogen) atoms. The van der Waals surface area contributed by atoms with Crippen molar-refractivity contribution in [3.63, 3.8) is 0 Å². The molecule has 1 rings (SSSR count). The lowest BCUT2D eigenvalue weighted by molar-refractivity contribution is -0.670. The van der Waals surface area contributed by atoms with E-state index in [0.29, 0.717) is 0 Å². The summed E-state index contributed by atoms with van der Waals surface area (Å²) in [6.07, 6.45) is 6.61. The van der Waals surface area contributed by atoms with Crippen LogP contribution in [0.5, 0.6) is 0 Å². The number of esters is 1. The summed E-state index contributed by atoms with van der Waals surface area (Å²) < 4.78 is 8.13. The first-order valence-electron chi connectivity index (χ1n) is 4.74. The van der Waals surface area contributed by atoms with Crippen LogP contribution >= 0.6 is 0 Å². The third-order valence-electron chi connectivity index (χ3n) is 1.74. The Labute approximate surface area is 93.3 Å². The summed E-state index contributed by atoms with van der Waals surface area (Å²) in [5, 5.41) is 8.73. The van der Waals surface area contributed by atoms with E-state index in [1.165, 1.54) is 6.20 Å². The van der Waals surface area contributed by atoms with Gasteiger partial charge in [0.05, 0.1) is 19.9 Å². The van der Waals surface area contributed by atoms with Crippen molar-refractivity contribution in [3.8, 4) is 6.07 Å².